The first-order valence-corrected chi connectivity index (χ1v) is 7.79. The van der Waals surface area contributed by atoms with Crippen LogP contribution >= 0.6 is 0 Å². The molecule has 0 spiro atoms. The molecule has 0 aliphatic heterocycles. The summed E-state index contributed by atoms with van der Waals surface area (Å²) in [5.41, 5.74) is 3.68. The van der Waals surface area contributed by atoms with Crippen molar-refractivity contribution in [3.8, 4) is 11.4 Å². The Balaban J connectivity index is 2.36. The van der Waals surface area contributed by atoms with Crippen molar-refractivity contribution in [2.45, 2.75) is 20.8 Å². The number of allylic oxidation sites excluding steroid dienone is 2. The van der Waals surface area contributed by atoms with E-state index in [9.17, 15) is 4.79 Å². The Morgan fingerprint density at radius 2 is 2.00 bits per heavy atom. The summed E-state index contributed by atoms with van der Waals surface area (Å²) in [5, 5.41) is 4.55. The molecule has 2 rings (SSSR count). The van der Waals surface area contributed by atoms with Gasteiger partial charge < -0.3 is 14.2 Å². The van der Waals surface area contributed by atoms with Crippen molar-refractivity contribution in [2.24, 2.45) is 0 Å². The number of nitrogens with zero attached hydrogens (tertiary/aromatic N) is 2. The van der Waals surface area contributed by atoms with Crippen LogP contribution in [-0.4, -0.2) is 30.0 Å². The number of rotatable bonds is 6. The van der Waals surface area contributed by atoms with Crippen molar-refractivity contribution < 1.29 is 19.0 Å². The van der Waals surface area contributed by atoms with Crippen LogP contribution < -0.4 is 4.74 Å². The van der Waals surface area contributed by atoms with Gasteiger partial charge in [-0.15, -0.1) is 0 Å². The predicted molar refractivity (Wildman–Crippen MR) is 95.4 cm³/mol. The zero-order valence-corrected chi connectivity index (χ0v) is 15.1. The molecule has 2 aromatic rings. The normalized spacial score (nSPS) is 12.0. The molecule has 1 aromatic carbocycles. The zero-order chi connectivity index (χ0) is 18.4. The van der Waals surface area contributed by atoms with Crippen LogP contribution in [0.15, 0.2) is 48.6 Å². The number of benzene rings is 1. The minimum Gasteiger partial charge on any atom is -0.500 e. The Morgan fingerprint density at radius 3 is 2.64 bits per heavy atom. The van der Waals surface area contributed by atoms with Gasteiger partial charge in [0.1, 0.15) is 12.0 Å². The van der Waals surface area contributed by atoms with Gasteiger partial charge >= 0.3 is 5.97 Å². The van der Waals surface area contributed by atoms with E-state index in [-0.39, 0.29) is 5.76 Å². The lowest BCUT2D eigenvalue weighted by atomic mass is 10.2. The van der Waals surface area contributed by atoms with Crippen LogP contribution in [0, 0.1) is 6.92 Å². The number of esters is 1. The quantitative estimate of drug-likeness (QED) is 0.456. The average Bonchev–Trinajstić information content (AvgIpc) is 3.11. The van der Waals surface area contributed by atoms with Crippen molar-refractivity contribution in [2.75, 3.05) is 14.2 Å². The third-order valence-electron chi connectivity index (χ3n) is 3.69. The molecule has 0 aliphatic carbocycles. The van der Waals surface area contributed by atoms with E-state index >= 15 is 0 Å². The standard InChI is InChI=1S/C19H22N2O4/c1-6-13(2)16-9-10-21(20-16)15-8-7-14(3)17(11-15)25-18(12-23-4)19(22)24-5/h6-12H,1-5H3/b13-6+,18-12-. The Labute approximate surface area is 147 Å². The maximum Gasteiger partial charge on any atom is 0.377 e. The number of hydrogen-bond acceptors (Lipinski definition) is 5. The van der Waals surface area contributed by atoms with Crippen LogP contribution in [0.5, 0.6) is 5.75 Å². The molecule has 0 fully saturated rings. The summed E-state index contributed by atoms with van der Waals surface area (Å²) in [4.78, 5) is 11.8. The van der Waals surface area contributed by atoms with Crippen molar-refractivity contribution >= 4 is 11.5 Å². The van der Waals surface area contributed by atoms with Gasteiger partial charge in [0, 0.05) is 12.3 Å². The van der Waals surface area contributed by atoms with Gasteiger partial charge in [0.2, 0.25) is 5.76 Å². The Bertz CT molecular complexity index is 819. The van der Waals surface area contributed by atoms with Gasteiger partial charge in [0.25, 0.3) is 0 Å². The second-order valence-corrected chi connectivity index (χ2v) is 5.38. The summed E-state index contributed by atoms with van der Waals surface area (Å²) in [6.45, 7) is 5.87. The maximum atomic E-state index is 11.8. The number of carbonyl (C=O) groups excluding carboxylic acids is 1. The molecule has 6 nitrogen and oxygen atoms in total. The molecule has 0 saturated heterocycles. The number of carbonyl (C=O) groups is 1. The lowest BCUT2D eigenvalue weighted by molar-refractivity contribution is -0.138. The lowest BCUT2D eigenvalue weighted by Gasteiger charge is -2.12. The topological polar surface area (TPSA) is 62.6 Å². The molecule has 0 unspecified atom stereocenters. The second-order valence-electron chi connectivity index (χ2n) is 5.38. The van der Waals surface area contributed by atoms with E-state index in [1.54, 1.807) is 4.68 Å². The molecular formula is C19H22N2O4. The molecule has 0 saturated carbocycles. The first-order chi connectivity index (χ1) is 12.0. The van der Waals surface area contributed by atoms with Gasteiger partial charge in [-0.25, -0.2) is 9.48 Å². The predicted octanol–water partition coefficient (Wildman–Crippen LogP) is 3.64. The molecule has 132 valence electrons. The van der Waals surface area contributed by atoms with Crippen molar-refractivity contribution in [3.05, 3.63) is 59.8 Å². The van der Waals surface area contributed by atoms with E-state index in [1.807, 2.05) is 57.3 Å². The minimum absolute atomic E-state index is 0.0313. The monoisotopic (exact) mass is 342 g/mol. The van der Waals surface area contributed by atoms with E-state index in [0.29, 0.717) is 5.75 Å². The van der Waals surface area contributed by atoms with Crippen LogP contribution in [0.3, 0.4) is 0 Å². The smallest absolute Gasteiger partial charge is 0.377 e. The van der Waals surface area contributed by atoms with E-state index in [1.165, 1.54) is 20.5 Å². The third kappa shape index (κ3) is 4.29. The van der Waals surface area contributed by atoms with Crippen molar-refractivity contribution in [3.63, 3.8) is 0 Å². The zero-order valence-electron chi connectivity index (χ0n) is 15.1. The van der Waals surface area contributed by atoms with Gasteiger partial charge in [0.05, 0.1) is 25.6 Å². The number of methoxy groups -OCH3 is 2. The minimum atomic E-state index is -0.614. The Kier molecular flexibility index (Phi) is 6.00. The Morgan fingerprint density at radius 1 is 1.24 bits per heavy atom. The largest absolute Gasteiger partial charge is 0.500 e. The highest BCUT2D eigenvalue weighted by Gasteiger charge is 2.15. The Hall–Kier alpha value is -3.02. The van der Waals surface area contributed by atoms with Gasteiger partial charge in [-0.1, -0.05) is 12.1 Å². The molecule has 0 aliphatic rings. The van der Waals surface area contributed by atoms with Crippen LogP contribution in [0.4, 0.5) is 0 Å². The van der Waals surface area contributed by atoms with Crippen LogP contribution in [-0.2, 0) is 14.3 Å². The molecule has 0 radical (unpaired) electrons. The SMILES string of the molecule is C/C=C(\C)c1ccn(-c2ccc(C)c(O/C(=C\OC)C(=O)OC)c2)n1. The highest BCUT2D eigenvalue weighted by Crippen LogP contribution is 2.24. The van der Waals surface area contributed by atoms with E-state index in [2.05, 4.69) is 5.10 Å². The summed E-state index contributed by atoms with van der Waals surface area (Å²) in [5.74, 6) is -0.126. The van der Waals surface area contributed by atoms with Crippen LogP contribution in [0.1, 0.15) is 25.1 Å². The summed E-state index contributed by atoms with van der Waals surface area (Å²) >= 11 is 0. The molecule has 1 heterocycles. The molecule has 0 bridgehead atoms. The molecule has 25 heavy (non-hydrogen) atoms. The fourth-order valence-electron chi connectivity index (χ4n) is 2.11. The highest BCUT2D eigenvalue weighted by molar-refractivity contribution is 5.86. The molecule has 0 amide bonds. The number of aromatic nitrogens is 2. The van der Waals surface area contributed by atoms with Gasteiger partial charge in [-0.3, -0.25) is 0 Å². The maximum absolute atomic E-state index is 11.8. The van der Waals surface area contributed by atoms with Gasteiger partial charge in [-0.2, -0.15) is 5.10 Å². The molecule has 0 N–H and O–H groups in total. The number of aryl methyl sites for hydroxylation is 1. The molecule has 1 aromatic heterocycles. The molecule has 6 heteroatoms. The molecular weight excluding hydrogens is 320 g/mol. The third-order valence-corrected chi connectivity index (χ3v) is 3.69. The summed E-state index contributed by atoms with van der Waals surface area (Å²) in [6, 6.07) is 7.59. The van der Waals surface area contributed by atoms with E-state index in [0.717, 1.165) is 22.5 Å². The van der Waals surface area contributed by atoms with Crippen LogP contribution in [0.2, 0.25) is 0 Å². The van der Waals surface area contributed by atoms with Gasteiger partial charge in [-0.05, 0) is 44.0 Å². The number of hydrogen-bond donors (Lipinski definition) is 0. The molecule has 0 atom stereocenters. The first kappa shape index (κ1) is 18.3. The second kappa shape index (κ2) is 8.19. The van der Waals surface area contributed by atoms with E-state index in [4.69, 9.17) is 14.2 Å². The lowest BCUT2D eigenvalue weighted by Crippen LogP contribution is -2.12. The highest BCUT2D eigenvalue weighted by atomic mass is 16.6. The average molecular weight is 342 g/mol. The van der Waals surface area contributed by atoms with Gasteiger partial charge in [0.15, 0.2) is 0 Å². The van der Waals surface area contributed by atoms with Crippen LogP contribution in [0.25, 0.3) is 11.3 Å². The summed E-state index contributed by atoms with van der Waals surface area (Å²) in [7, 11) is 2.72. The van der Waals surface area contributed by atoms with Crippen molar-refractivity contribution in [1.82, 2.24) is 9.78 Å². The number of ether oxygens (including phenoxy) is 3. The fourth-order valence-corrected chi connectivity index (χ4v) is 2.11. The summed E-state index contributed by atoms with van der Waals surface area (Å²) in [6.07, 6.45) is 5.09. The van der Waals surface area contributed by atoms with Crippen molar-refractivity contribution in [1.29, 1.82) is 0 Å². The van der Waals surface area contributed by atoms with E-state index < -0.39 is 5.97 Å². The summed E-state index contributed by atoms with van der Waals surface area (Å²) < 4.78 is 17.0. The first-order valence-electron chi connectivity index (χ1n) is 7.79. The fraction of sp³-hybridized carbons (Fsp3) is 0.263.